The summed E-state index contributed by atoms with van der Waals surface area (Å²) in [6, 6.07) is 2.61. The predicted molar refractivity (Wildman–Crippen MR) is 81.3 cm³/mol. The maximum atomic E-state index is 6.33. The molecule has 1 saturated carbocycles. The van der Waals surface area contributed by atoms with Gasteiger partial charge in [-0.3, -0.25) is 4.90 Å². The van der Waals surface area contributed by atoms with Crippen LogP contribution >= 0.6 is 11.3 Å². The lowest BCUT2D eigenvalue weighted by Crippen LogP contribution is -2.52. The SMILES string of the molecule is NCc1sccc1OC1CCCCC1N1CCOCC1. The standard InChI is InChI=1S/C15H24N2O2S/c16-11-15-14(5-10-20-15)19-13-4-2-1-3-12(13)17-6-8-18-9-7-17/h5,10,12-13H,1-4,6-9,11,16H2. The van der Waals surface area contributed by atoms with E-state index in [4.69, 9.17) is 15.2 Å². The summed E-state index contributed by atoms with van der Waals surface area (Å²) in [4.78, 5) is 3.72. The first kappa shape index (κ1) is 14.3. The van der Waals surface area contributed by atoms with E-state index in [2.05, 4.69) is 16.3 Å². The third-order valence-corrected chi connectivity index (χ3v) is 5.28. The van der Waals surface area contributed by atoms with Crippen molar-refractivity contribution in [2.45, 2.75) is 44.4 Å². The Morgan fingerprint density at radius 1 is 1.30 bits per heavy atom. The number of hydrogen-bond acceptors (Lipinski definition) is 5. The zero-order valence-corrected chi connectivity index (χ0v) is 12.7. The quantitative estimate of drug-likeness (QED) is 0.925. The van der Waals surface area contributed by atoms with Gasteiger partial charge in [0.25, 0.3) is 0 Å². The lowest BCUT2D eigenvalue weighted by Gasteiger charge is -2.41. The highest BCUT2D eigenvalue weighted by molar-refractivity contribution is 7.10. The van der Waals surface area contributed by atoms with Crippen LogP contribution in [-0.2, 0) is 11.3 Å². The second kappa shape index (κ2) is 6.89. The Kier molecular flexibility index (Phi) is 4.94. The smallest absolute Gasteiger partial charge is 0.134 e. The first-order chi connectivity index (χ1) is 9.88. The highest BCUT2D eigenvalue weighted by Gasteiger charge is 2.32. The Labute approximate surface area is 124 Å². The average Bonchev–Trinajstić information content (AvgIpc) is 2.96. The van der Waals surface area contributed by atoms with Gasteiger partial charge in [0.1, 0.15) is 11.9 Å². The molecule has 1 aromatic heterocycles. The molecule has 0 amide bonds. The minimum absolute atomic E-state index is 0.307. The number of thiophene rings is 1. The molecule has 5 heteroatoms. The molecule has 20 heavy (non-hydrogen) atoms. The monoisotopic (exact) mass is 296 g/mol. The van der Waals surface area contributed by atoms with E-state index in [1.165, 1.54) is 19.3 Å². The van der Waals surface area contributed by atoms with Crippen molar-refractivity contribution in [3.63, 3.8) is 0 Å². The van der Waals surface area contributed by atoms with Crippen molar-refractivity contribution in [2.24, 2.45) is 5.73 Å². The molecule has 0 aromatic carbocycles. The summed E-state index contributed by atoms with van der Waals surface area (Å²) in [5.41, 5.74) is 5.78. The van der Waals surface area contributed by atoms with E-state index in [1.807, 2.05) is 0 Å². The van der Waals surface area contributed by atoms with Crippen molar-refractivity contribution in [2.75, 3.05) is 26.3 Å². The lowest BCUT2D eigenvalue weighted by molar-refractivity contribution is -0.0282. The number of rotatable bonds is 4. The summed E-state index contributed by atoms with van der Waals surface area (Å²) in [6.07, 6.45) is 5.29. The van der Waals surface area contributed by atoms with E-state index in [-0.39, 0.29) is 0 Å². The fraction of sp³-hybridized carbons (Fsp3) is 0.733. The van der Waals surface area contributed by atoms with Gasteiger partial charge in [-0.1, -0.05) is 6.42 Å². The number of ether oxygens (including phenoxy) is 2. The Morgan fingerprint density at radius 2 is 2.10 bits per heavy atom. The zero-order chi connectivity index (χ0) is 13.8. The summed E-state index contributed by atoms with van der Waals surface area (Å²) in [7, 11) is 0. The van der Waals surface area contributed by atoms with Crippen LogP contribution in [0.5, 0.6) is 5.75 Å². The molecule has 0 bridgehead atoms. The number of morpholine rings is 1. The summed E-state index contributed by atoms with van der Waals surface area (Å²) in [5.74, 6) is 1.00. The molecule has 0 radical (unpaired) electrons. The van der Waals surface area contributed by atoms with Gasteiger partial charge in [0.15, 0.2) is 0 Å². The summed E-state index contributed by atoms with van der Waals surface area (Å²) in [6.45, 7) is 4.36. The van der Waals surface area contributed by atoms with Crippen LogP contribution < -0.4 is 10.5 Å². The molecule has 2 fully saturated rings. The molecule has 2 N–H and O–H groups in total. The summed E-state index contributed by atoms with van der Waals surface area (Å²) in [5, 5.41) is 2.07. The van der Waals surface area contributed by atoms with Gasteiger partial charge in [-0.15, -0.1) is 11.3 Å². The van der Waals surface area contributed by atoms with Crippen LogP contribution in [0.25, 0.3) is 0 Å². The Morgan fingerprint density at radius 3 is 2.90 bits per heavy atom. The largest absolute Gasteiger partial charge is 0.488 e. The fourth-order valence-corrected chi connectivity index (χ4v) is 3.97. The van der Waals surface area contributed by atoms with Gasteiger partial charge in [0, 0.05) is 25.7 Å². The van der Waals surface area contributed by atoms with Crippen LogP contribution in [0.3, 0.4) is 0 Å². The highest BCUT2D eigenvalue weighted by Crippen LogP contribution is 2.31. The molecule has 2 aliphatic rings. The van der Waals surface area contributed by atoms with E-state index in [9.17, 15) is 0 Å². The number of nitrogens with zero attached hydrogens (tertiary/aromatic N) is 1. The topological polar surface area (TPSA) is 47.7 Å². The molecule has 0 spiro atoms. The van der Waals surface area contributed by atoms with Crippen LogP contribution in [0, 0.1) is 0 Å². The van der Waals surface area contributed by atoms with E-state index < -0.39 is 0 Å². The molecule has 2 atom stereocenters. The molecule has 112 valence electrons. The van der Waals surface area contributed by atoms with Crippen LogP contribution in [0.15, 0.2) is 11.4 Å². The third-order valence-electron chi connectivity index (χ3n) is 4.35. The van der Waals surface area contributed by atoms with Gasteiger partial charge in [-0.2, -0.15) is 0 Å². The zero-order valence-electron chi connectivity index (χ0n) is 11.9. The Bertz CT molecular complexity index is 418. The van der Waals surface area contributed by atoms with Crippen molar-refractivity contribution in [3.05, 3.63) is 16.3 Å². The molecule has 1 aliphatic heterocycles. The van der Waals surface area contributed by atoms with Gasteiger partial charge in [-0.05, 0) is 30.7 Å². The first-order valence-electron chi connectivity index (χ1n) is 7.63. The molecule has 1 aromatic rings. The maximum absolute atomic E-state index is 6.33. The number of hydrogen-bond donors (Lipinski definition) is 1. The van der Waals surface area contributed by atoms with E-state index >= 15 is 0 Å². The predicted octanol–water partition coefficient (Wildman–Crippen LogP) is 2.23. The van der Waals surface area contributed by atoms with Gasteiger partial charge in [0.2, 0.25) is 0 Å². The van der Waals surface area contributed by atoms with Gasteiger partial charge in [-0.25, -0.2) is 0 Å². The molecule has 3 rings (SSSR count). The van der Waals surface area contributed by atoms with E-state index in [1.54, 1.807) is 11.3 Å². The highest BCUT2D eigenvalue weighted by atomic mass is 32.1. The first-order valence-corrected chi connectivity index (χ1v) is 8.51. The normalized spacial score (nSPS) is 28.4. The molecule has 1 aliphatic carbocycles. The summed E-state index contributed by atoms with van der Waals surface area (Å²) < 4.78 is 11.8. The lowest BCUT2D eigenvalue weighted by atomic mass is 9.91. The van der Waals surface area contributed by atoms with Crippen molar-refractivity contribution < 1.29 is 9.47 Å². The minimum Gasteiger partial charge on any atom is -0.488 e. The minimum atomic E-state index is 0.307. The van der Waals surface area contributed by atoms with Gasteiger partial charge < -0.3 is 15.2 Å². The molecule has 4 nitrogen and oxygen atoms in total. The Balaban J connectivity index is 1.68. The maximum Gasteiger partial charge on any atom is 0.134 e. The van der Waals surface area contributed by atoms with Crippen LogP contribution in [-0.4, -0.2) is 43.3 Å². The van der Waals surface area contributed by atoms with Crippen molar-refractivity contribution in [1.82, 2.24) is 4.90 Å². The Hall–Kier alpha value is -0.620. The van der Waals surface area contributed by atoms with Crippen LogP contribution in [0.1, 0.15) is 30.6 Å². The van der Waals surface area contributed by atoms with E-state index in [0.717, 1.165) is 43.4 Å². The molecule has 2 heterocycles. The fourth-order valence-electron chi connectivity index (χ4n) is 3.29. The van der Waals surface area contributed by atoms with Gasteiger partial charge in [0.05, 0.1) is 18.1 Å². The van der Waals surface area contributed by atoms with Crippen molar-refractivity contribution in [1.29, 1.82) is 0 Å². The third kappa shape index (κ3) is 3.17. The van der Waals surface area contributed by atoms with E-state index in [0.29, 0.717) is 18.7 Å². The second-order valence-electron chi connectivity index (χ2n) is 5.57. The summed E-state index contributed by atoms with van der Waals surface area (Å²) >= 11 is 1.69. The second-order valence-corrected chi connectivity index (χ2v) is 6.57. The molecule has 2 unspecified atom stereocenters. The van der Waals surface area contributed by atoms with Crippen LogP contribution in [0.4, 0.5) is 0 Å². The molecule has 1 saturated heterocycles. The average molecular weight is 296 g/mol. The molecular formula is C15H24N2O2S. The van der Waals surface area contributed by atoms with Gasteiger partial charge >= 0.3 is 0 Å². The molecular weight excluding hydrogens is 272 g/mol. The van der Waals surface area contributed by atoms with Crippen molar-refractivity contribution >= 4 is 11.3 Å². The number of nitrogens with two attached hydrogens (primary N) is 1. The van der Waals surface area contributed by atoms with Crippen LogP contribution in [0.2, 0.25) is 0 Å². The van der Waals surface area contributed by atoms with Crippen molar-refractivity contribution in [3.8, 4) is 5.75 Å².